The van der Waals surface area contributed by atoms with Crippen LogP contribution >= 0.6 is 11.6 Å². The van der Waals surface area contributed by atoms with Crippen LogP contribution in [0.25, 0.3) is 11.0 Å². The van der Waals surface area contributed by atoms with Gasteiger partial charge in [0.2, 0.25) is 0 Å². The fourth-order valence-corrected chi connectivity index (χ4v) is 2.56. The van der Waals surface area contributed by atoms with Crippen LogP contribution in [-0.4, -0.2) is 35.3 Å². The first kappa shape index (κ1) is 13.4. The molecule has 0 spiro atoms. The molecular weight excluding hydrogens is 280 g/mol. The number of imidazole rings is 1. The second-order valence-electron chi connectivity index (χ2n) is 4.75. The van der Waals surface area contributed by atoms with Crippen molar-refractivity contribution >= 4 is 28.6 Å². The van der Waals surface area contributed by atoms with Crippen LogP contribution in [0.5, 0.6) is 0 Å². The van der Waals surface area contributed by atoms with Crippen molar-refractivity contribution in [1.82, 2.24) is 9.55 Å². The van der Waals surface area contributed by atoms with E-state index in [2.05, 4.69) is 4.98 Å². The number of carbonyl (C=O) groups excluding carboxylic acids is 1. The summed E-state index contributed by atoms with van der Waals surface area (Å²) in [6, 6.07) is 5.32. The molecule has 1 aliphatic heterocycles. The van der Waals surface area contributed by atoms with Gasteiger partial charge in [0.25, 0.3) is 0 Å². The van der Waals surface area contributed by atoms with Crippen molar-refractivity contribution in [3.8, 4) is 0 Å². The maximum atomic E-state index is 11.6. The van der Waals surface area contributed by atoms with E-state index >= 15 is 0 Å². The molecule has 0 radical (unpaired) electrons. The van der Waals surface area contributed by atoms with Gasteiger partial charge in [0.05, 0.1) is 42.2 Å². The van der Waals surface area contributed by atoms with Crippen LogP contribution in [0.15, 0.2) is 18.2 Å². The van der Waals surface area contributed by atoms with Crippen molar-refractivity contribution in [1.29, 1.82) is 0 Å². The van der Waals surface area contributed by atoms with E-state index in [1.165, 1.54) is 7.11 Å². The highest BCUT2D eigenvalue weighted by Crippen LogP contribution is 2.23. The summed E-state index contributed by atoms with van der Waals surface area (Å²) in [6.45, 7) is 1.52. The van der Waals surface area contributed by atoms with E-state index in [9.17, 15) is 4.79 Å². The quantitative estimate of drug-likeness (QED) is 0.641. The molecule has 0 bridgehead atoms. The highest BCUT2D eigenvalue weighted by molar-refractivity contribution is 6.16. The Kier molecular flexibility index (Phi) is 3.63. The third kappa shape index (κ3) is 2.27. The van der Waals surface area contributed by atoms with Crippen molar-refractivity contribution in [3.05, 3.63) is 29.6 Å². The molecule has 0 amide bonds. The molecule has 1 aliphatic rings. The van der Waals surface area contributed by atoms with Gasteiger partial charge < -0.3 is 14.0 Å². The third-order valence-electron chi connectivity index (χ3n) is 3.55. The summed E-state index contributed by atoms with van der Waals surface area (Å²) in [6.07, 6.45) is 1.24. The summed E-state index contributed by atoms with van der Waals surface area (Å²) in [5, 5.41) is 0. The molecule has 1 atom stereocenters. The molecule has 3 rings (SSSR count). The lowest BCUT2D eigenvalue weighted by Crippen LogP contribution is -2.31. The normalized spacial score (nSPS) is 18.0. The van der Waals surface area contributed by atoms with Gasteiger partial charge in [-0.25, -0.2) is 9.78 Å². The number of methoxy groups -OCH3 is 1. The lowest BCUT2D eigenvalue weighted by molar-refractivity contribution is -0.0589. The second kappa shape index (κ2) is 5.42. The van der Waals surface area contributed by atoms with Crippen molar-refractivity contribution in [2.75, 3.05) is 13.7 Å². The molecule has 0 N–H and O–H groups in total. The molecule has 1 fully saturated rings. The monoisotopic (exact) mass is 294 g/mol. The summed E-state index contributed by atoms with van der Waals surface area (Å²) in [5.41, 5.74) is 2.23. The average Bonchev–Trinajstić information content (AvgIpc) is 2.78. The summed E-state index contributed by atoms with van der Waals surface area (Å²) >= 11 is 5.96. The molecule has 0 aliphatic carbocycles. The largest absolute Gasteiger partial charge is 0.465 e. The summed E-state index contributed by atoms with van der Waals surface area (Å²) in [7, 11) is 1.37. The van der Waals surface area contributed by atoms with E-state index in [4.69, 9.17) is 21.1 Å². The molecule has 106 valence electrons. The highest BCUT2D eigenvalue weighted by atomic mass is 35.5. The summed E-state index contributed by atoms with van der Waals surface area (Å²) in [5.74, 6) is 0.765. The van der Waals surface area contributed by atoms with E-state index in [0.717, 1.165) is 29.9 Å². The van der Waals surface area contributed by atoms with Crippen LogP contribution in [0.4, 0.5) is 0 Å². The molecule has 0 unspecified atom stereocenters. The minimum atomic E-state index is -0.355. The number of esters is 1. The molecule has 5 nitrogen and oxygen atoms in total. The lowest BCUT2D eigenvalue weighted by atomic mass is 10.1. The molecule has 2 heterocycles. The van der Waals surface area contributed by atoms with Gasteiger partial charge in [-0.15, -0.1) is 11.6 Å². The number of nitrogens with zero attached hydrogens (tertiary/aromatic N) is 2. The highest BCUT2D eigenvalue weighted by Gasteiger charge is 2.22. The minimum absolute atomic E-state index is 0.205. The van der Waals surface area contributed by atoms with Crippen molar-refractivity contribution < 1.29 is 14.3 Å². The van der Waals surface area contributed by atoms with Crippen molar-refractivity contribution in [2.45, 2.75) is 24.9 Å². The van der Waals surface area contributed by atoms with Crippen LogP contribution < -0.4 is 0 Å². The van der Waals surface area contributed by atoms with Crippen LogP contribution in [0.2, 0.25) is 0 Å². The number of fused-ring (bicyclic) bond motifs is 1. The standard InChI is InChI=1S/C14H15ClN2O3/c1-19-14(18)9-2-3-11-12(6-9)17(13(7-15)16-11)8-10-4-5-20-10/h2-3,6,10H,4-5,7-8H2,1H3/t10-/m0/s1. The number of hydrogen-bond donors (Lipinski definition) is 0. The Hall–Kier alpha value is -1.59. The Morgan fingerprint density at radius 2 is 2.40 bits per heavy atom. The maximum absolute atomic E-state index is 11.6. The van der Waals surface area contributed by atoms with Gasteiger partial charge in [-0.2, -0.15) is 0 Å². The van der Waals surface area contributed by atoms with Gasteiger partial charge in [-0.1, -0.05) is 0 Å². The smallest absolute Gasteiger partial charge is 0.337 e. The first-order chi connectivity index (χ1) is 9.72. The zero-order chi connectivity index (χ0) is 14.1. The van der Waals surface area contributed by atoms with E-state index in [1.807, 2.05) is 10.6 Å². The fraction of sp³-hybridized carbons (Fsp3) is 0.429. The number of ether oxygens (including phenoxy) is 2. The Morgan fingerprint density at radius 3 is 3.00 bits per heavy atom. The second-order valence-corrected chi connectivity index (χ2v) is 5.02. The number of benzene rings is 1. The Morgan fingerprint density at radius 1 is 1.60 bits per heavy atom. The first-order valence-corrected chi connectivity index (χ1v) is 7.01. The molecule has 1 aromatic heterocycles. The Labute approximate surface area is 121 Å². The zero-order valence-electron chi connectivity index (χ0n) is 11.1. The van der Waals surface area contributed by atoms with E-state index in [0.29, 0.717) is 18.0 Å². The number of carbonyl (C=O) groups is 1. The number of aromatic nitrogens is 2. The number of rotatable bonds is 4. The fourth-order valence-electron chi connectivity index (χ4n) is 2.36. The van der Waals surface area contributed by atoms with Gasteiger partial charge in [0.1, 0.15) is 5.82 Å². The van der Waals surface area contributed by atoms with Crippen LogP contribution in [0.1, 0.15) is 22.6 Å². The SMILES string of the molecule is COC(=O)c1ccc2nc(CCl)n(C[C@@H]3CCO3)c2c1. The van der Waals surface area contributed by atoms with Gasteiger partial charge >= 0.3 is 5.97 Å². The van der Waals surface area contributed by atoms with Gasteiger partial charge in [-0.3, -0.25) is 0 Å². The number of hydrogen-bond acceptors (Lipinski definition) is 4. The van der Waals surface area contributed by atoms with E-state index < -0.39 is 0 Å². The van der Waals surface area contributed by atoms with E-state index in [1.54, 1.807) is 12.1 Å². The van der Waals surface area contributed by atoms with Crippen molar-refractivity contribution in [3.63, 3.8) is 0 Å². The third-order valence-corrected chi connectivity index (χ3v) is 3.79. The van der Waals surface area contributed by atoms with Crippen LogP contribution in [0, 0.1) is 0 Å². The molecule has 2 aromatic rings. The van der Waals surface area contributed by atoms with Crippen LogP contribution in [-0.2, 0) is 21.9 Å². The number of halogens is 1. The lowest BCUT2D eigenvalue weighted by Gasteiger charge is -2.27. The first-order valence-electron chi connectivity index (χ1n) is 6.48. The molecule has 20 heavy (non-hydrogen) atoms. The zero-order valence-corrected chi connectivity index (χ0v) is 11.9. The molecular formula is C14H15ClN2O3. The van der Waals surface area contributed by atoms with E-state index in [-0.39, 0.29) is 12.1 Å². The minimum Gasteiger partial charge on any atom is -0.465 e. The average molecular weight is 295 g/mol. The topological polar surface area (TPSA) is 53.3 Å². The molecule has 0 saturated carbocycles. The molecule has 1 aromatic carbocycles. The number of alkyl halides is 1. The summed E-state index contributed by atoms with van der Waals surface area (Å²) in [4.78, 5) is 16.1. The van der Waals surface area contributed by atoms with Gasteiger partial charge in [0, 0.05) is 6.61 Å². The Balaban J connectivity index is 2.05. The predicted molar refractivity (Wildman–Crippen MR) is 75.0 cm³/mol. The summed E-state index contributed by atoms with van der Waals surface area (Å²) < 4.78 is 12.2. The van der Waals surface area contributed by atoms with Gasteiger partial charge in [-0.05, 0) is 24.6 Å². The predicted octanol–water partition coefficient (Wildman–Crippen LogP) is 2.35. The van der Waals surface area contributed by atoms with Crippen LogP contribution in [0.3, 0.4) is 0 Å². The molecule has 1 saturated heterocycles. The van der Waals surface area contributed by atoms with Gasteiger partial charge in [0.15, 0.2) is 0 Å². The molecule has 6 heteroatoms. The van der Waals surface area contributed by atoms with Crippen molar-refractivity contribution in [2.24, 2.45) is 0 Å². The maximum Gasteiger partial charge on any atom is 0.337 e. The Bertz CT molecular complexity index is 649.